The van der Waals surface area contributed by atoms with Crippen LogP contribution in [-0.2, 0) is 28.4 Å². The molecule has 0 bridgehead atoms. The molecule has 1 saturated heterocycles. The number of carbonyl (C=O) groups is 3. The number of hydrogen-bond acceptors (Lipinski definition) is 12. The van der Waals surface area contributed by atoms with E-state index in [1.54, 1.807) is 0 Å². The smallest absolute Gasteiger partial charge is 0.407 e. The van der Waals surface area contributed by atoms with Crippen molar-refractivity contribution < 1.29 is 42.8 Å². The van der Waals surface area contributed by atoms with Gasteiger partial charge in [-0.2, -0.15) is 0 Å². The second-order valence-corrected chi connectivity index (χ2v) is 12.4. The lowest BCUT2D eigenvalue weighted by Crippen LogP contribution is -2.49. The van der Waals surface area contributed by atoms with Gasteiger partial charge in [0.25, 0.3) is 0 Å². The number of piperazine rings is 1. The Labute approximate surface area is 263 Å². The maximum absolute atomic E-state index is 11.8. The maximum atomic E-state index is 11.8. The van der Waals surface area contributed by atoms with Crippen LogP contribution >= 0.6 is 0 Å². The summed E-state index contributed by atoms with van der Waals surface area (Å²) < 4.78 is 32.2. The van der Waals surface area contributed by atoms with Crippen molar-refractivity contribution in [1.29, 1.82) is 0 Å². The van der Waals surface area contributed by atoms with Crippen LogP contribution in [0.2, 0.25) is 0 Å². The molecule has 0 aromatic heterocycles. The van der Waals surface area contributed by atoms with Gasteiger partial charge in [0.2, 0.25) is 0 Å². The zero-order valence-corrected chi connectivity index (χ0v) is 27.8. The van der Waals surface area contributed by atoms with E-state index in [-0.39, 0.29) is 6.61 Å². The molecule has 1 rings (SSSR count). The lowest BCUT2D eigenvalue weighted by Gasteiger charge is -2.35. The van der Waals surface area contributed by atoms with E-state index in [0.717, 1.165) is 58.9 Å². The van der Waals surface area contributed by atoms with E-state index in [2.05, 4.69) is 30.1 Å². The molecule has 0 radical (unpaired) electrons. The van der Waals surface area contributed by atoms with E-state index in [0.29, 0.717) is 52.7 Å². The number of primary amides is 1. The fourth-order valence-corrected chi connectivity index (χ4v) is 4.02. The second kappa shape index (κ2) is 22.1. The van der Waals surface area contributed by atoms with E-state index in [4.69, 9.17) is 29.4 Å². The average Bonchev–Trinajstić information content (AvgIpc) is 2.91. The highest BCUT2D eigenvalue weighted by Gasteiger charge is 2.18. The Morgan fingerprint density at radius 3 is 1.55 bits per heavy atom. The molecule has 0 unspecified atom stereocenters. The van der Waals surface area contributed by atoms with Crippen molar-refractivity contribution in [2.24, 2.45) is 5.73 Å². The van der Waals surface area contributed by atoms with Crippen molar-refractivity contribution in [3.8, 4) is 0 Å². The Bertz CT molecular complexity index is 759. The predicted molar refractivity (Wildman–Crippen MR) is 166 cm³/mol. The fourth-order valence-electron chi connectivity index (χ4n) is 4.02. The number of alkyl carbamates (subject to hydrolysis) is 2. The molecule has 44 heavy (non-hydrogen) atoms. The van der Waals surface area contributed by atoms with Gasteiger partial charge in [0, 0.05) is 72.0 Å². The largest absolute Gasteiger partial charge is 0.447 e. The molecule has 0 aromatic rings. The van der Waals surface area contributed by atoms with Crippen LogP contribution in [0.5, 0.6) is 0 Å². The van der Waals surface area contributed by atoms with Crippen LogP contribution in [-0.4, -0.2) is 162 Å². The number of rotatable bonds is 21. The number of nitrogens with two attached hydrogens (primary N) is 1. The fraction of sp³-hybridized carbons (Fsp3) is 0.897. The van der Waals surface area contributed by atoms with Gasteiger partial charge in [0.15, 0.2) is 0 Å². The second-order valence-electron chi connectivity index (χ2n) is 12.4. The zero-order chi connectivity index (χ0) is 32.8. The molecule has 0 aliphatic carbocycles. The minimum Gasteiger partial charge on any atom is -0.447 e. The zero-order valence-electron chi connectivity index (χ0n) is 27.8. The van der Waals surface area contributed by atoms with Crippen molar-refractivity contribution in [3.63, 3.8) is 0 Å². The third kappa shape index (κ3) is 24.0. The highest BCUT2D eigenvalue weighted by Crippen LogP contribution is 2.07. The predicted octanol–water partition coefficient (Wildman–Crippen LogP) is 1.10. The minimum absolute atomic E-state index is 0.168. The molecule has 0 saturated carbocycles. The molecule has 1 aliphatic heterocycles. The van der Waals surface area contributed by atoms with E-state index < -0.39 is 29.5 Å². The Hall–Kier alpha value is -2.43. The molecule has 1 heterocycles. The van der Waals surface area contributed by atoms with Crippen LogP contribution in [0.3, 0.4) is 0 Å². The minimum atomic E-state index is -0.788. The topological polar surface area (TPSA) is 166 Å². The molecule has 1 aliphatic rings. The lowest BCUT2D eigenvalue weighted by molar-refractivity contribution is 0.0425. The van der Waals surface area contributed by atoms with Crippen molar-refractivity contribution in [2.45, 2.75) is 52.7 Å². The number of hydrogen-bond donors (Lipinski definition) is 3. The Kier molecular flexibility index (Phi) is 19.9. The molecule has 0 atom stereocenters. The third-order valence-corrected chi connectivity index (χ3v) is 6.15. The summed E-state index contributed by atoms with van der Waals surface area (Å²) in [5.74, 6) is 0. The van der Waals surface area contributed by atoms with Gasteiger partial charge >= 0.3 is 18.3 Å². The first-order valence-corrected chi connectivity index (χ1v) is 15.5. The van der Waals surface area contributed by atoms with E-state index in [9.17, 15) is 14.4 Å². The number of nitrogens with one attached hydrogen (secondary N) is 2. The Balaban J connectivity index is 2.33. The summed E-state index contributed by atoms with van der Waals surface area (Å²) in [6.45, 7) is 22.5. The van der Waals surface area contributed by atoms with Crippen molar-refractivity contribution in [2.75, 3.05) is 118 Å². The Morgan fingerprint density at radius 1 is 0.636 bits per heavy atom. The van der Waals surface area contributed by atoms with Crippen molar-refractivity contribution in [3.05, 3.63) is 0 Å². The first-order valence-electron chi connectivity index (χ1n) is 15.5. The molecule has 4 N–H and O–H groups in total. The van der Waals surface area contributed by atoms with Gasteiger partial charge in [0.1, 0.15) is 17.8 Å². The normalized spacial score (nSPS) is 14.8. The van der Waals surface area contributed by atoms with Gasteiger partial charge in [-0.05, 0) is 41.5 Å². The SMILES string of the molecule is CC(C)(C)OC(=O)NCCOCCN(CCOCCNC(=O)OC(C)(C)C)CCN1CCN(CCOCCOC(N)=O)CC1. The molecule has 3 amide bonds. The highest BCUT2D eigenvalue weighted by atomic mass is 16.6. The monoisotopic (exact) mass is 634 g/mol. The highest BCUT2D eigenvalue weighted by molar-refractivity contribution is 5.67. The van der Waals surface area contributed by atoms with Gasteiger partial charge in [-0.25, -0.2) is 14.4 Å². The first-order chi connectivity index (χ1) is 20.7. The molecule has 15 heteroatoms. The maximum Gasteiger partial charge on any atom is 0.407 e. The molecule has 0 aromatic carbocycles. The Morgan fingerprint density at radius 2 is 1.09 bits per heavy atom. The van der Waals surface area contributed by atoms with Gasteiger partial charge in [-0.15, -0.1) is 0 Å². The number of amides is 3. The summed E-state index contributed by atoms with van der Waals surface area (Å²) in [5.41, 5.74) is 3.86. The summed E-state index contributed by atoms with van der Waals surface area (Å²) in [5, 5.41) is 5.40. The van der Waals surface area contributed by atoms with E-state index >= 15 is 0 Å². The molecular formula is C29H58N6O9. The van der Waals surface area contributed by atoms with Crippen LogP contribution < -0.4 is 16.4 Å². The summed E-state index contributed by atoms with van der Waals surface area (Å²) in [6.07, 6.45) is -1.70. The lowest BCUT2D eigenvalue weighted by atomic mass is 10.2. The van der Waals surface area contributed by atoms with Crippen LogP contribution in [0.1, 0.15) is 41.5 Å². The quantitative estimate of drug-likeness (QED) is 0.122. The first kappa shape index (κ1) is 39.6. The number of nitrogens with zero attached hydrogens (tertiary/aromatic N) is 3. The number of ether oxygens (including phenoxy) is 6. The molecular weight excluding hydrogens is 576 g/mol. The molecule has 1 fully saturated rings. The van der Waals surface area contributed by atoms with Gasteiger partial charge in [0.05, 0.1) is 39.6 Å². The summed E-state index contributed by atoms with van der Waals surface area (Å²) in [6, 6.07) is 0. The molecule has 15 nitrogen and oxygen atoms in total. The van der Waals surface area contributed by atoms with Crippen molar-refractivity contribution in [1.82, 2.24) is 25.3 Å². The van der Waals surface area contributed by atoms with Gasteiger partial charge in [-0.1, -0.05) is 0 Å². The average molecular weight is 635 g/mol. The number of carbonyl (C=O) groups excluding carboxylic acids is 3. The summed E-state index contributed by atoms with van der Waals surface area (Å²) in [4.78, 5) is 41.3. The van der Waals surface area contributed by atoms with Crippen molar-refractivity contribution >= 4 is 18.3 Å². The van der Waals surface area contributed by atoms with Crippen LogP contribution in [0.25, 0.3) is 0 Å². The molecule has 0 spiro atoms. The van der Waals surface area contributed by atoms with Gasteiger partial charge in [-0.3, -0.25) is 14.7 Å². The van der Waals surface area contributed by atoms with Crippen LogP contribution in [0.4, 0.5) is 14.4 Å². The summed E-state index contributed by atoms with van der Waals surface area (Å²) in [7, 11) is 0. The standard InChI is InChI=1S/C29H58N6O9/c1-28(2,3)43-26(37)31-7-18-39-20-16-35(17-21-40-19-8-32-27(38)44-29(4,5)6)14-11-33-9-12-34(13-10-33)15-22-41-23-24-42-25(30)36/h7-24H2,1-6H3,(H2,30,36)(H,31,37)(H,32,38). The van der Waals surface area contributed by atoms with Gasteiger partial charge < -0.3 is 44.8 Å². The molecule has 258 valence electrons. The third-order valence-electron chi connectivity index (χ3n) is 6.15. The van der Waals surface area contributed by atoms with E-state index in [1.165, 1.54) is 0 Å². The van der Waals surface area contributed by atoms with E-state index in [1.807, 2.05) is 41.5 Å². The van der Waals surface area contributed by atoms with Crippen LogP contribution in [0.15, 0.2) is 0 Å². The van der Waals surface area contributed by atoms with Crippen LogP contribution in [0, 0.1) is 0 Å². The summed E-state index contributed by atoms with van der Waals surface area (Å²) >= 11 is 0.